The molecule has 1 heterocycles. The number of hydrogen-bond donors (Lipinski definition) is 1. The highest BCUT2D eigenvalue weighted by molar-refractivity contribution is 5.99. The van der Waals surface area contributed by atoms with Gasteiger partial charge in [0, 0.05) is 18.7 Å². The summed E-state index contributed by atoms with van der Waals surface area (Å²) in [7, 11) is 4.05. The van der Waals surface area contributed by atoms with Gasteiger partial charge in [0.15, 0.2) is 6.61 Å². The Morgan fingerprint density at radius 2 is 2.04 bits per heavy atom. The Labute approximate surface area is 168 Å². The molecule has 0 spiro atoms. The van der Waals surface area contributed by atoms with Gasteiger partial charge >= 0.3 is 0 Å². The van der Waals surface area contributed by atoms with Crippen LogP contribution < -0.4 is 15.0 Å². The van der Waals surface area contributed by atoms with Gasteiger partial charge in [-0.1, -0.05) is 32.1 Å². The summed E-state index contributed by atoms with van der Waals surface area (Å²) in [6.07, 6.45) is 8.86. The van der Waals surface area contributed by atoms with Crippen LogP contribution in [0.5, 0.6) is 5.75 Å². The number of rotatable bonds is 8. The van der Waals surface area contributed by atoms with Crippen molar-refractivity contribution in [2.45, 2.75) is 51.4 Å². The quantitative estimate of drug-likeness (QED) is 0.739. The number of ether oxygens (including phenoxy) is 1. The second kappa shape index (κ2) is 9.92. The molecule has 0 bridgehead atoms. The van der Waals surface area contributed by atoms with Crippen LogP contribution in [0.25, 0.3) is 0 Å². The highest BCUT2D eigenvalue weighted by Gasteiger charge is 2.25. The Hall–Kier alpha value is -2.08. The fourth-order valence-electron chi connectivity index (χ4n) is 4.10. The zero-order chi connectivity index (χ0) is 19.9. The molecule has 3 rings (SSSR count). The molecule has 0 unspecified atom stereocenters. The van der Waals surface area contributed by atoms with Crippen molar-refractivity contribution >= 4 is 23.2 Å². The number of fused-ring (bicyclic) bond motifs is 1. The van der Waals surface area contributed by atoms with E-state index in [0.717, 1.165) is 30.8 Å². The zero-order valence-corrected chi connectivity index (χ0v) is 17.2. The third kappa shape index (κ3) is 5.71. The lowest BCUT2D eigenvalue weighted by molar-refractivity contribution is -0.121. The van der Waals surface area contributed by atoms with Crippen molar-refractivity contribution in [3.63, 3.8) is 0 Å². The first-order valence-electron chi connectivity index (χ1n) is 10.5. The van der Waals surface area contributed by atoms with Crippen LogP contribution in [0, 0.1) is 5.92 Å². The molecule has 1 N–H and O–H groups in total. The maximum atomic E-state index is 12.4. The van der Waals surface area contributed by atoms with Crippen molar-refractivity contribution in [1.82, 2.24) is 4.90 Å². The van der Waals surface area contributed by atoms with Gasteiger partial charge in [0.05, 0.1) is 5.69 Å². The average molecular weight is 388 g/mol. The van der Waals surface area contributed by atoms with Gasteiger partial charge in [-0.15, -0.1) is 0 Å². The molecular formula is C22H33N3O3. The molecule has 0 aromatic heterocycles. The van der Waals surface area contributed by atoms with E-state index in [9.17, 15) is 9.59 Å². The SMILES string of the molecule is CN(C)CCCN1C(=O)COc2ccc(NC(=O)CCC3CCCCC3)cc21. The first kappa shape index (κ1) is 20.6. The van der Waals surface area contributed by atoms with E-state index in [1.807, 2.05) is 32.3 Å². The van der Waals surface area contributed by atoms with Gasteiger partial charge in [-0.25, -0.2) is 0 Å². The van der Waals surface area contributed by atoms with E-state index in [2.05, 4.69) is 10.2 Å². The number of anilines is 2. The minimum Gasteiger partial charge on any atom is -0.482 e. The number of hydrogen-bond acceptors (Lipinski definition) is 4. The van der Waals surface area contributed by atoms with Gasteiger partial charge in [-0.3, -0.25) is 9.59 Å². The molecule has 154 valence electrons. The summed E-state index contributed by atoms with van der Waals surface area (Å²) in [6.45, 7) is 1.63. The molecule has 0 atom stereocenters. The van der Waals surface area contributed by atoms with Crippen molar-refractivity contribution in [3.8, 4) is 5.75 Å². The summed E-state index contributed by atoms with van der Waals surface area (Å²) in [5, 5.41) is 3.00. The second-order valence-electron chi connectivity index (χ2n) is 8.26. The number of carbonyl (C=O) groups excluding carboxylic acids is 2. The van der Waals surface area contributed by atoms with Crippen molar-refractivity contribution in [2.75, 3.05) is 44.0 Å². The van der Waals surface area contributed by atoms with Gasteiger partial charge in [0.2, 0.25) is 5.91 Å². The predicted molar refractivity (Wildman–Crippen MR) is 112 cm³/mol. The predicted octanol–water partition coefficient (Wildman–Crippen LogP) is 3.66. The van der Waals surface area contributed by atoms with Gasteiger partial charge < -0.3 is 19.9 Å². The highest BCUT2D eigenvalue weighted by Crippen LogP contribution is 2.35. The molecule has 1 aromatic rings. The van der Waals surface area contributed by atoms with E-state index in [4.69, 9.17) is 4.74 Å². The standard InChI is InChI=1S/C22H33N3O3/c1-24(2)13-6-14-25-19-15-18(10-11-20(19)28-16-22(25)27)23-21(26)12-9-17-7-4-3-5-8-17/h10-11,15,17H,3-9,12-14,16H2,1-2H3,(H,23,26). The van der Waals surface area contributed by atoms with Crippen LogP contribution in [0.15, 0.2) is 18.2 Å². The topological polar surface area (TPSA) is 61.9 Å². The minimum atomic E-state index is -0.0352. The summed E-state index contributed by atoms with van der Waals surface area (Å²) < 4.78 is 5.57. The van der Waals surface area contributed by atoms with E-state index in [1.165, 1.54) is 32.1 Å². The van der Waals surface area contributed by atoms with Crippen molar-refractivity contribution in [2.24, 2.45) is 5.92 Å². The van der Waals surface area contributed by atoms with Gasteiger partial charge in [-0.2, -0.15) is 0 Å². The van der Waals surface area contributed by atoms with Gasteiger partial charge in [-0.05, 0) is 57.6 Å². The monoisotopic (exact) mass is 387 g/mol. The first-order valence-corrected chi connectivity index (χ1v) is 10.5. The number of amides is 2. The third-order valence-corrected chi connectivity index (χ3v) is 5.68. The van der Waals surface area contributed by atoms with Crippen LogP contribution in [0.3, 0.4) is 0 Å². The molecular weight excluding hydrogens is 354 g/mol. The van der Waals surface area contributed by atoms with Crippen LogP contribution in [0.4, 0.5) is 11.4 Å². The molecule has 1 aliphatic heterocycles. The van der Waals surface area contributed by atoms with Crippen LogP contribution in [-0.4, -0.2) is 50.5 Å². The van der Waals surface area contributed by atoms with E-state index < -0.39 is 0 Å². The number of nitrogens with zero attached hydrogens (tertiary/aromatic N) is 2. The molecule has 6 nitrogen and oxygen atoms in total. The fourth-order valence-corrected chi connectivity index (χ4v) is 4.10. The highest BCUT2D eigenvalue weighted by atomic mass is 16.5. The summed E-state index contributed by atoms with van der Waals surface area (Å²) in [4.78, 5) is 28.6. The van der Waals surface area contributed by atoms with Crippen LogP contribution in [-0.2, 0) is 9.59 Å². The molecule has 2 amide bonds. The van der Waals surface area contributed by atoms with Crippen molar-refractivity contribution in [1.29, 1.82) is 0 Å². The Morgan fingerprint density at radius 3 is 2.79 bits per heavy atom. The largest absolute Gasteiger partial charge is 0.482 e. The lowest BCUT2D eigenvalue weighted by Crippen LogP contribution is -2.40. The van der Waals surface area contributed by atoms with E-state index in [1.54, 1.807) is 4.90 Å². The van der Waals surface area contributed by atoms with Crippen LogP contribution >= 0.6 is 0 Å². The Morgan fingerprint density at radius 1 is 1.25 bits per heavy atom. The van der Waals surface area contributed by atoms with Crippen LogP contribution in [0.1, 0.15) is 51.4 Å². The van der Waals surface area contributed by atoms with Gasteiger partial charge in [0.1, 0.15) is 5.75 Å². The molecule has 6 heteroatoms. The first-order chi connectivity index (χ1) is 13.5. The molecule has 1 aliphatic carbocycles. The molecule has 2 aliphatic rings. The molecule has 28 heavy (non-hydrogen) atoms. The molecule has 1 fully saturated rings. The smallest absolute Gasteiger partial charge is 0.265 e. The Balaban J connectivity index is 1.59. The molecule has 0 radical (unpaired) electrons. The minimum absolute atomic E-state index is 0.0352. The Bertz CT molecular complexity index is 684. The number of benzene rings is 1. The summed E-state index contributed by atoms with van der Waals surface area (Å²) >= 11 is 0. The lowest BCUT2D eigenvalue weighted by atomic mass is 9.86. The maximum Gasteiger partial charge on any atom is 0.265 e. The molecule has 0 saturated heterocycles. The third-order valence-electron chi connectivity index (χ3n) is 5.68. The normalized spacial score (nSPS) is 17.4. The van der Waals surface area contributed by atoms with E-state index in [-0.39, 0.29) is 18.4 Å². The number of nitrogens with one attached hydrogen (secondary N) is 1. The molecule has 1 saturated carbocycles. The van der Waals surface area contributed by atoms with Gasteiger partial charge in [0.25, 0.3) is 5.91 Å². The van der Waals surface area contributed by atoms with E-state index >= 15 is 0 Å². The summed E-state index contributed by atoms with van der Waals surface area (Å²) in [6, 6.07) is 5.56. The Kier molecular flexibility index (Phi) is 7.31. The maximum absolute atomic E-state index is 12.4. The van der Waals surface area contributed by atoms with Crippen molar-refractivity contribution < 1.29 is 14.3 Å². The van der Waals surface area contributed by atoms with Crippen LogP contribution in [0.2, 0.25) is 0 Å². The summed E-state index contributed by atoms with van der Waals surface area (Å²) in [5.74, 6) is 1.41. The second-order valence-corrected chi connectivity index (χ2v) is 8.26. The van der Waals surface area contributed by atoms with E-state index in [0.29, 0.717) is 24.6 Å². The number of carbonyl (C=O) groups is 2. The fraction of sp³-hybridized carbons (Fsp3) is 0.636. The zero-order valence-electron chi connectivity index (χ0n) is 17.2. The summed E-state index contributed by atoms with van der Waals surface area (Å²) in [5.41, 5.74) is 1.48. The molecule has 1 aromatic carbocycles. The lowest BCUT2D eigenvalue weighted by Gasteiger charge is -2.30. The average Bonchev–Trinajstić information content (AvgIpc) is 2.69. The van der Waals surface area contributed by atoms with Crippen molar-refractivity contribution in [3.05, 3.63) is 18.2 Å².